The van der Waals surface area contributed by atoms with E-state index in [1.54, 1.807) is 6.92 Å². The average Bonchev–Trinajstić information content (AvgIpc) is 2.01. The molecule has 2 amide bonds. The number of hydrogen-bond acceptors (Lipinski definition) is 2. The van der Waals surface area contributed by atoms with Gasteiger partial charge in [-0.3, -0.25) is 20.4 Å². The summed E-state index contributed by atoms with van der Waals surface area (Å²) >= 11 is 0. The highest BCUT2D eigenvalue weighted by Gasteiger charge is 1.99. The van der Waals surface area contributed by atoms with Crippen LogP contribution in [0, 0.1) is 0 Å². The standard InChI is InChI=1S/C7H14N2O2/c1-3-5-7(11)9-8-6(10)4-2/h3-5H2,1-2H3,(H,8,10)(H,9,11). The van der Waals surface area contributed by atoms with Gasteiger partial charge in [-0.1, -0.05) is 13.8 Å². The van der Waals surface area contributed by atoms with Gasteiger partial charge in [0.25, 0.3) is 0 Å². The molecule has 64 valence electrons. The second-order valence-electron chi connectivity index (χ2n) is 2.20. The molecule has 0 aromatic carbocycles. The van der Waals surface area contributed by atoms with Gasteiger partial charge < -0.3 is 0 Å². The van der Waals surface area contributed by atoms with Gasteiger partial charge in [-0.2, -0.15) is 0 Å². The maximum atomic E-state index is 10.7. The molecule has 11 heavy (non-hydrogen) atoms. The lowest BCUT2D eigenvalue weighted by atomic mass is 10.3. The quantitative estimate of drug-likeness (QED) is 0.582. The van der Waals surface area contributed by atoms with Crippen molar-refractivity contribution >= 4 is 11.8 Å². The van der Waals surface area contributed by atoms with Crippen LogP contribution in [0.5, 0.6) is 0 Å². The minimum Gasteiger partial charge on any atom is -0.273 e. The zero-order chi connectivity index (χ0) is 8.69. The topological polar surface area (TPSA) is 58.2 Å². The molecule has 0 aliphatic heterocycles. The number of carbonyl (C=O) groups is 2. The van der Waals surface area contributed by atoms with Crippen LogP contribution in [0.4, 0.5) is 0 Å². The van der Waals surface area contributed by atoms with Crippen LogP contribution in [0.2, 0.25) is 0 Å². The highest BCUT2D eigenvalue weighted by atomic mass is 16.2. The van der Waals surface area contributed by atoms with Gasteiger partial charge in [0, 0.05) is 12.8 Å². The summed E-state index contributed by atoms with van der Waals surface area (Å²) < 4.78 is 0. The summed E-state index contributed by atoms with van der Waals surface area (Å²) in [7, 11) is 0. The fourth-order valence-corrected chi connectivity index (χ4v) is 0.517. The van der Waals surface area contributed by atoms with Crippen LogP contribution >= 0.6 is 0 Å². The molecule has 0 spiro atoms. The van der Waals surface area contributed by atoms with Crippen LogP contribution in [0.1, 0.15) is 33.1 Å². The van der Waals surface area contributed by atoms with Crippen LogP contribution in [0.25, 0.3) is 0 Å². The fourth-order valence-electron chi connectivity index (χ4n) is 0.517. The summed E-state index contributed by atoms with van der Waals surface area (Å²) in [5, 5.41) is 0. The first-order chi connectivity index (χ1) is 5.20. The van der Waals surface area contributed by atoms with Crippen molar-refractivity contribution < 1.29 is 9.59 Å². The number of amides is 2. The molecule has 4 heteroatoms. The summed E-state index contributed by atoms with van der Waals surface area (Å²) in [6, 6.07) is 0. The highest BCUT2D eigenvalue weighted by Crippen LogP contribution is 1.83. The zero-order valence-corrected chi connectivity index (χ0v) is 6.94. The summed E-state index contributed by atoms with van der Waals surface area (Å²) in [6.45, 7) is 3.63. The summed E-state index contributed by atoms with van der Waals surface area (Å²) in [5.74, 6) is -0.316. The van der Waals surface area contributed by atoms with Crippen molar-refractivity contribution in [3.63, 3.8) is 0 Å². The molecule has 0 rings (SSSR count). The second-order valence-corrected chi connectivity index (χ2v) is 2.20. The fraction of sp³-hybridized carbons (Fsp3) is 0.714. The van der Waals surface area contributed by atoms with Crippen LogP contribution < -0.4 is 10.9 Å². The van der Waals surface area contributed by atoms with Crippen LogP contribution in [-0.4, -0.2) is 11.8 Å². The van der Waals surface area contributed by atoms with E-state index in [1.807, 2.05) is 6.92 Å². The predicted octanol–water partition coefficient (Wildman–Crippen LogP) is 0.344. The number of rotatable bonds is 3. The van der Waals surface area contributed by atoms with Crippen LogP contribution in [-0.2, 0) is 9.59 Å². The van der Waals surface area contributed by atoms with Crippen molar-refractivity contribution in [1.82, 2.24) is 10.9 Å². The van der Waals surface area contributed by atoms with E-state index in [4.69, 9.17) is 0 Å². The van der Waals surface area contributed by atoms with Crippen molar-refractivity contribution in [2.24, 2.45) is 0 Å². The van der Waals surface area contributed by atoms with Crippen molar-refractivity contribution in [3.05, 3.63) is 0 Å². The molecule has 0 saturated heterocycles. The maximum Gasteiger partial charge on any atom is 0.238 e. The predicted molar refractivity (Wildman–Crippen MR) is 41.5 cm³/mol. The third-order valence-corrected chi connectivity index (χ3v) is 1.14. The molecule has 4 nitrogen and oxygen atoms in total. The van der Waals surface area contributed by atoms with E-state index in [2.05, 4.69) is 10.9 Å². The molecule has 0 heterocycles. The molecule has 0 aliphatic carbocycles. The van der Waals surface area contributed by atoms with E-state index in [0.717, 1.165) is 6.42 Å². The number of nitrogens with one attached hydrogen (secondary N) is 2. The van der Waals surface area contributed by atoms with E-state index in [-0.39, 0.29) is 11.8 Å². The van der Waals surface area contributed by atoms with Crippen LogP contribution in [0.15, 0.2) is 0 Å². The number of hydrogen-bond donors (Lipinski definition) is 2. The Kier molecular flexibility index (Phi) is 5.15. The second kappa shape index (κ2) is 5.70. The first-order valence-corrected chi connectivity index (χ1v) is 3.78. The van der Waals surface area contributed by atoms with Gasteiger partial charge in [0.2, 0.25) is 11.8 Å². The Morgan fingerprint density at radius 2 is 1.64 bits per heavy atom. The molecule has 0 bridgehead atoms. The molecular formula is C7H14N2O2. The van der Waals surface area contributed by atoms with Gasteiger partial charge in [0.05, 0.1) is 0 Å². The Morgan fingerprint density at radius 3 is 2.09 bits per heavy atom. The number of carbonyl (C=O) groups excluding carboxylic acids is 2. The van der Waals surface area contributed by atoms with Crippen LogP contribution in [0.3, 0.4) is 0 Å². The SMILES string of the molecule is CCCC(=O)NNC(=O)CC. The van der Waals surface area contributed by atoms with Gasteiger partial charge in [-0.25, -0.2) is 0 Å². The molecule has 0 aliphatic rings. The Bertz CT molecular complexity index is 145. The zero-order valence-electron chi connectivity index (χ0n) is 6.94. The first-order valence-electron chi connectivity index (χ1n) is 3.78. The minimum absolute atomic E-state index is 0.144. The largest absolute Gasteiger partial charge is 0.273 e. The summed E-state index contributed by atoms with van der Waals surface area (Å²) in [6.07, 6.45) is 1.62. The molecule has 2 N–H and O–H groups in total. The maximum absolute atomic E-state index is 10.7. The molecule has 0 aromatic rings. The third-order valence-electron chi connectivity index (χ3n) is 1.14. The summed E-state index contributed by atoms with van der Waals surface area (Å²) in [4.78, 5) is 21.3. The van der Waals surface area contributed by atoms with Gasteiger partial charge in [-0.15, -0.1) is 0 Å². The lowest BCUT2D eigenvalue weighted by molar-refractivity contribution is -0.128. The molecule has 0 saturated carbocycles. The Labute approximate surface area is 66.3 Å². The molecule has 0 unspecified atom stereocenters. The van der Waals surface area contributed by atoms with E-state index < -0.39 is 0 Å². The number of hydrazine groups is 1. The van der Waals surface area contributed by atoms with E-state index in [9.17, 15) is 9.59 Å². The van der Waals surface area contributed by atoms with E-state index in [1.165, 1.54) is 0 Å². The van der Waals surface area contributed by atoms with Gasteiger partial charge in [-0.05, 0) is 6.42 Å². The highest BCUT2D eigenvalue weighted by molar-refractivity contribution is 5.81. The molecule has 0 fully saturated rings. The summed E-state index contributed by atoms with van der Waals surface area (Å²) in [5.41, 5.74) is 4.57. The monoisotopic (exact) mass is 158 g/mol. The molecular weight excluding hydrogens is 144 g/mol. The van der Waals surface area contributed by atoms with Gasteiger partial charge >= 0.3 is 0 Å². The van der Waals surface area contributed by atoms with E-state index in [0.29, 0.717) is 12.8 Å². The van der Waals surface area contributed by atoms with Crippen molar-refractivity contribution in [1.29, 1.82) is 0 Å². The Hall–Kier alpha value is -1.06. The first kappa shape index (κ1) is 9.94. The minimum atomic E-state index is -0.172. The lowest BCUT2D eigenvalue weighted by Crippen LogP contribution is -2.41. The Balaban J connectivity index is 3.38. The van der Waals surface area contributed by atoms with Gasteiger partial charge in [0.15, 0.2) is 0 Å². The van der Waals surface area contributed by atoms with E-state index >= 15 is 0 Å². The van der Waals surface area contributed by atoms with Gasteiger partial charge in [0.1, 0.15) is 0 Å². The lowest BCUT2D eigenvalue weighted by Gasteiger charge is -2.03. The van der Waals surface area contributed by atoms with Crippen molar-refractivity contribution in [3.8, 4) is 0 Å². The van der Waals surface area contributed by atoms with Crippen molar-refractivity contribution in [2.45, 2.75) is 33.1 Å². The normalized spacial score (nSPS) is 8.91. The molecule has 0 atom stereocenters. The molecule has 0 aromatic heterocycles. The molecule has 0 radical (unpaired) electrons. The third kappa shape index (κ3) is 5.39. The Morgan fingerprint density at radius 1 is 1.09 bits per heavy atom. The average molecular weight is 158 g/mol. The smallest absolute Gasteiger partial charge is 0.238 e. The van der Waals surface area contributed by atoms with Crippen molar-refractivity contribution in [2.75, 3.05) is 0 Å².